The molecule has 0 unspecified atom stereocenters. The Labute approximate surface area is 88.0 Å². The van der Waals surface area contributed by atoms with Crippen LogP contribution in [0.15, 0.2) is 42.7 Å². The second-order valence-electron chi connectivity index (χ2n) is 2.91. The second kappa shape index (κ2) is 4.41. The van der Waals surface area contributed by atoms with E-state index in [2.05, 4.69) is 15.3 Å². The minimum absolute atomic E-state index is 0.356. The van der Waals surface area contributed by atoms with E-state index in [0.29, 0.717) is 6.01 Å². The highest BCUT2D eigenvalue weighted by molar-refractivity contribution is 5.45. The lowest BCUT2D eigenvalue weighted by atomic mass is 10.3. The van der Waals surface area contributed by atoms with Gasteiger partial charge < -0.3 is 10.1 Å². The number of rotatable bonds is 3. The summed E-state index contributed by atoms with van der Waals surface area (Å²) >= 11 is 0. The van der Waals surface area contributed by atoms with Gasteiger partial charge in [-0.25, -0.2) is 9.97 Å². The van der Waals surface area contributed by atoms with Crippen LogP contribution < -0.4 is 10.1 Å². The van der Waals surface area contributed by atoms with Crippen LogP contribution >= 0.6 is 0 Å². The summed E-state index contributed by atoms with van der Waals surface area (Å²) in [5.74, 6) is 0.722. The van der Waals surface area contributed by atoms with Crippen molar-refractivity contribution < 1.29 is 4.74 Å². The van der Waals surface area contributed by atoms with Crippen LogP contribution in [0.25, 0.3) is 0 Å². The van der Waals surface area contributed by atoms with E-state index in [9.17, 15) is 0 Å². The molecule has 0 saturated heterocycles. The molecule has 4 nitrogen and oxygen atoms in total. The molecule has 0 fully saturated rings. The minimum atomic E-state index is 0.356. The molecule has 1 aromatic carbocycles. The van der Waals surface area contributed by atoms with Crippen LogP contribution in [0, 0.1) is 0 Å². The first-order valence-corrected chi connectivity index (χ1v) is 4.61. The Morgan fingerprint density at radius 3 is 2.33 bits per heavy atom. The van der Waals surface area contributed by atoms with Crippen LogP contribution in [0.2, 0.25) is 0 Å². The van der Waals surface area contributed by atoms with Crippen LogP contribution in [0.4, 0.5) is 5.69 Å². The molecule has 0 saturated carbocycles. The molecule has 0 bridgehead atoms. The van der Waals surface area contributed by atoms with Crippen molar-refractivity contribution in [3.05, 3.63) is 42.7 Å². The number of hydrogen-bond donors (Lipinski definition) is 1. The molecule has 4 heteroatoms. The van der Waals surface area contributed by atoms with Gasteiger partial charge in [0.1, 0.15) is 5.75 Å². The largest absolute Gasteiger partial charge is 0.424 e. The van der Waals surface area contributed by atoms with E-state index in [-0.39, 0.29) is 0 Å². The molecular formula is C11H11N3O. The molecule has 1 heterocycles. The van der Waals surface area contributed by atoms with E-state index in [1.54, 1.807) is 18.5 Å². The van der Waals surface area contributed by atoms with Gasteiger partial charge in [-0.15, -0.1) is 0 Å². The van der Waals surface area contributed by atoms with Crippen molar-refractivity contribution >= 4 is 5.69 Å². The number of benzene rings is 1. The van der Waals surface area contributed by atoms with Crippen LogP contribution in [0.1, 0.15) is 0 Å². The molecule has 76 valence electrons. The highest BCUT2D eigenvalue weighted by Gasteiger charge is 1.97. The average molecular weight is 201 g/mol. The molecule has 0 aliphatic rings. The van der Waals surface area contributed by atoms with E-state index >= 15 is 0 Å². The Morgan fingerprint density at radius 1 is 1.07 bits per heavy atom. The maximum absolute atomic E-state index is 5.43. The molecule has 0 radical (unpaired) electrons. The highest BCUT2D eigenvalue weighted by atomic mass is 16.5. The van der Waals surface area contributed by atoms with Gasteiger partial charge in [0.2, 0.25) is 0 Å². The van der Waals surface area contributed by atoms with Gasteiger partial charge in [-0.05, 0) is 30.3 Å². The molecule has 15 heavy (non-hydrogen) atoms. The summed E-state index contributed by atoms with van der Waals surface area (Å²) in [6.07, 6.45) is 3.29. The monoisotopic (exact) mass is 201 g/mol. The minimum Gasteiger partial charge on any atom is -0.424 e. The molecule has 2 aromatic rings. The summed E-state index contributed by atoms with van der Waals surface area (Å²) in [5.41, 5.74) is 1.04. The quantitative estimate of drug-likeness (QED) is 0.827. The van der Waals surface area contributed by atoms with Gasteiger partial charge in [-0.3, -0.25) is 0 Å². The number of nitrogens with zero attached hydrogens (tertiary/aromatic N) is 2. The normalized spacial score (nSPS) is 9.67. The van der Waals surface area contributed by atoms with Gasteiger partial charge >= 0.3 is 6.01 Å². The molecule has 0 aliphatic carbocycles. The third-order valence-electron chi connectivity index (χ3n) is 1.89. The summed E-state index contributed by atoms with van der Waals surface area (Å²) in [6.45, 7) is 0. The Balaban J connectivity index is 2.11. The molecular weight excluding hydrogens is 190 g/mol. The summed E-state index contributed by atoms with van der Waals surface area (Å²) in [6, 6.07) is 9.69. The average Bonchev–Trinajstić information content (AvgIpc) is 2.31. The Morgan fingerprint density at radius 2 is 1.73 bits per heavy atom. The van der Waals surface area contributed by atoms with Crippen LogP contribution in [0.5, 0.6) is 11.8 Å². The van der Waals surface area contributed by atoms with Gasteiger partial charge in [0.05, 0.1) is 0 Å². The number of nitrogens with one attached hydrogen (secondary N) is 1. The lowest BCUT2D eigenvalue weighted by molar-refractivity contribution is 0.442. The number of anilines is 1. The Bertz CT molecular complexity index is 414. The van der Waals surface area contributed by atoms with Crippen LogP contribution in [-0.4, -0.2) is 17.0 Å². The first kappa shape index (κ1) is 9.45. The SMILES string of the molecule is CNc1ccc(Oc2ncccn2)cc1. The third-order valence-corrected chi connectivity index (χ3v) is 1.89. The molecule has 0 atom stereocenters. The predicted octanol–water partition coefficient (Wildman–Crippen LogP) is 2.31. The van der Waals surface area contributed by atoms with Gasteiger partial charge in [-0.2, -0.15) is 0 Å². The molecule has 0 spiro atoms. The summed E-state index contributed by atoms with van der Waals surface area (Å²) < 4.78 is 5.43. The van der Waals surface area contributed by atoms with Crippen molar-refractivity contribution in [2.45, 2.75) is 0 Å². The van der Waals surface area contributed by atoms with Crippen molar-refractivity contribution in [1.29, 1.82) is 0 Å². The van der Waals surface area contributed by atoms with Gasteiger partial charge in [0.25, 0.3) is 0 Å². The fourth-order valence-corrected chi connectivity index (χ4v) is 1.13. The lowest BCUT2D eigenvalue weighted by Crippen LogP contribution is -1.91. The van der Waals surface area contributed by atoms with Crippen molar-refractivity contribution in [2.75, 3.05) is 12.4 Å². The second-order valence-corrected chi connectivity index (χ2v) is 2.91. The van der Waals surface area contributed by atoms with Gasteiger partial charge in [0, 0.05) is 25.1 Å². The first-order valence-electron chi connectivity index (χ1n) is 4.61. The standard InChI is InChI=1S/C11H11N3O/c1-12-9-3-5-10(6-4-9)15-11-13-7-2-8-14-11/h2-8,12H,1H3. The first-order chi connectivity index (χ1) is 7.38. The van der Waals surface area contributed by atoms with E-state index in [0.717, 1.165) is 11.4 Å². The molecule has 2 rings (SSSR count). The Kier molecular flexibility index (Phi) is 2.78. The van der Waals surface area contributed by atoms with Gasteiger partial charge in [0.15, 0.2) is 0 Å². The smallest absolute Gasteiger partial charge is 0.321 e. The van der Waals surface area contributed by atoms with Crippen molar-refractivity contribution in [1.82, 2.24) is 9.97 Å². The van der Waals surface area contributed by atoms with Crippen molar-refractivity contribution in [3.8, 4) is 11.8 Å². The van der Waals surface area contributed by atoms with E-state index in [4.69, 9.17) is 4.74 Å². The van der Waals surface area contributed by atoms with Crippen LogP contribution in [0.3, 0.4) is 0 Å². The summed E-state index contributed by atoms with van der Waals surface area (Å²) in [7, 11) is 1.87. The molecule has 0 amide bonds. The Hall–Kier alpha value is -2.10. The summed E-state index contributed by atoms with van der Waals surface area (Å²) in [4.78, 5) is 7.94. The maximum atomic E-state index is 5.43. The zero-order valence-corrected chi connectivity index (χ0v) is 8.34. The third kappa shape index (κ3) is 2.43. The summed E-state index contributed by atoms with van der Waals surface area (Å²) in [5, 5.41) is 3.03. The fraction of sp³-hybridized carbons (Fsp3) is 0.0909. The maximum Gasteiger partial charge on any atom is 0.321 e. The molecule has 0 aliphatic heterocycles. The van der Waals surface area contributed by atoms with Gasteiger partial charge in [-0.1, -0.05) is 0 Å². The molecule has 1 aromatic heterocycles. The number of ether oxygens (including phenoxy) is 1. The fourth-order valence-electron chi connectivity index (χ4n) is 1.13. The van der Waals surface area contributed by atoms with E-state index in [1.807, 2.05) is 31.3 Å². The van der Waals surface area contributed by atoms with Crippen LogP contribution in [-0.2, 0) is 0 Å². The molecule has 1 N–H and O–H groups in total. The zero-order chi connectivity index (χ0) is 10.5. The number of hydrogen-bond acceptors (Lipinski definition) is 4. The highest BCUT2D eigenvalue weighted by Crippen LogP contribution is 2.19. The van der Waals surface area contributed by atoms with Crippen molar-refractivity contribution in [2.24, 2.45) is 0 Å². The number of aromatic nitrogens is 2. The topological polar surface area (TPSA) is 47.0 Å². The zero-order valence-electron chi connectivity index (χ0n) is 8.34. The predicted molar refractivity (Wildman–Crippen MR) is 58.1 cm³/mol. The van der Waals surface area contributed by atoms with E-state index < -0.39 is 0 Å². The lowest BCUT2D eigenvalue weighted by Gasteiger charge is -2.04. The van der Waals surface area contributed by atoms with Crippen molar-refractivity contribution in [3.63, 3.8) is 0 Å². The van der Waals surface area contributed by atoms with E-state index in [1.165, 1.54) is 0 Å².